The van der Waals surface area contributed by atoms with E-state index in [1.165, 1.54) is 17.2 Å². The van der Waals surface area contributed by atoms with E-state index in [1.54, 1.807) is 32.1 Å². The van der Waals surface area contributed by atoms with Crippen molar-refractivity contribution < 1.29 is 9.21 Å². The van der Waals surface area contributed by atoms with E-state index in [4.69, 9.17) is 4.42 Å². The van der Waals surface area contributed by atoms with Crippen molar-refractivity contribution in [3.8, 4) is 0 Å². The monoisotopic (exact) mass is 284 g/mol. The third-order valence-corrected chi connectivity index (χ3v) is 2.92. The lowest BCUT2D eigenvalue weighted by molar-refractivity contribution is -0.113. The number of amides is 1. The van der Waals surface area contributed by atoms with E-state index in [9.17, 15) is 9.59 Å². The zero-order valence-corrected chi connectivity index (χ0v) is 11.5. The van der Waals surface area contributed by atoms with Gasteiger partial charge < -0.3 is 4.42 Å². The Labute approximate surface area is 119 Å². The van der Waals surface area contributed by atoms with Crippen molar-refractivity contribution in [3.05, 3.63) is 52.0 Å². The largest absolute Gasteiger partial charge is 0.465 e. The van der Waals surface area contributed by atoms with Crippen molar-refractivity contribution in [2.75, 3.05) is 4.90 Å². The minimum absolute atomic E-state index is 0.161. The summed E-state index contributed by atoms with van der Waals surface area (Å²) in [7, 11) is 0. The standard InChI is InChI=1S/C14H12N4O3/c1-8-6-12(19)17-14(15-8)18-9(2)16-11(13(18)20)7-10-4-3-5-21-10/h3-7H,1-2H3,(H,15,17,19)/b11-7+. The van der Waals surface area contributed by atoms with Gasteiger partial charge in [-0.05, 0) is 26.0 Å². The second-order valence-electron chi connectivity index (χ2n) is 4.55. The van der Waals surface area contributed by atoms with Gasteiger partial charge in [0.15, 0.2) is 0 Å². The highest BCUT2D eigenvalue weighted by molar-refractivity contribution is 6.27. The van der Waals surface area contributed by atoms with E-state index in [-0.39, 0.29) is 23.1 Å². The Kier molecular flexibility index (Phi) is 3.02. The molecule has 1 aliphatic heterocycles. The molecule has 0 spiro atoms. The fourth-order valence-corrected chi connectivity index (χ4v) is 2.05. The van der Waals surface area contributed by atoms with Gasteiger partial charge >= 0.3 is 0 Å². The van der Waals surface area contributed by atoms with Gasteiger partial charge in [-0.3, -0.25) is 14.6 Å². The molecule has 7 heteroatoms. The number of anilines is 1. The maximum Gasteiger partial charge on any atom is 0.284 e. The first-order valence-corrected chi connectivity index (χ1v) is 6.27. The maximum absolute atomic E-state index is 12.4. The summed E-state index contributed by atoms with van der Waals surface area (Å²) in [5.41, 5.74) is 0.436. The molecule has 1 N–H and O–H groups in total. The van der Waals surface area contributed by atoms with Gasteiger partial charge in [-0.25, -0.2) is 14.9 Å². The van der Waals surface area contributed by atoms with E-state index in [1.807, 2.05) is 0 Å². The number of carbonyl (C=O) groups excluding carboxylic acids is 1. The number of carbonyl (C=O) groups is 1. The molecular formula is C14H12N4O3. The van der Waals surface area contributed by atoms with Crippen molar-refractivity contribution in [3.63, 3.8) is 0 Å². The molecule has 106 valence electrons. The summed E-state index contributed by atoms with van der Waals surface area (Å²) >= 11 is 0. The number of aliphatic imine (C=N–C) groups is 1. The summed E-state index contributed by atoms with van der Waals surface area (Å²) in [4.78, 5) is 36.1. The average Bonchev–Trinajstić information content (AvgIpc) is 2.98. The molecule has 1 amide bonds. The normalized spacial score (nSPS) is 16.7. The summed E-state index contributed by atoms with van der Waals surface area (Å²) in [6.07, 6.45) is 3.06. The number of hydrogen-bond donors (Lipinski definition) is 1. The highest BCUT2D eigenvalue weighted by Crippen LogP contribution is 2.21. The molecule has 0 unspecified atom stereocenters. The summed E-state index contributed by atoms with van der Waals surface area (Å²) in [5.74, 6) is 0.765. The number of aromatic amines is 1. The smallest absolute Gasteiger partial charge is 0.284 e. The topological polar surface area (TPSA) is 91.6 Å². The first-order chi connectivity index (χ1) is 10.0. The number of nitrogens with zero attached hydrogens (tertiary/aromatic N) is 3. The number of furan rings is 1. The van der Waals surface area contributed by atoms with Gasteiger partial charge in [0.1, 0.15) is 17.3 Å². The molecule has 0 bridgehead atoms. The number of aromatic nitrogens is 2. The van der Waals surface area contributed by atoms with Crippen molar-refractivity contribution in [2.24, 2.45) is 4.99 Å². The van der Waals surface area contributed by atoms with Crippen molar-refractivity contribution in [1.29, 1.82) is 0 Å². The zero-order valence-electron chi connectivity index (χ0n) is 11.5. The Hall–Kier alpha value is -2.96. The second kappa shape index (κ2) is 4.86. The predicted molar refractivity (Wildman–Crippen MR) is 76.9 cm³/mol. The molecule has 2 aromatic rings. The molecule has 0 radical (unpaired) electrons. The molecule has 0 aromatic carbocycles. The van der Waals surface area contributed by atoms with Gasteiger partial charge in [-0.1, -0.05) is 0 Å². The summed E-state index contributed by atoms with van der Waals surface area (Å²) < 4.78 is 5.17. The SMILES string of the molecule is CC1=N/C(=C/c2ccco2)C(=O)N1c1nc(C)cc(=O)[nH]1. The van der Waals surface area contributed by atoms with E-state index >= 15 is 0 Å². The van der Waals surface area contributed by atoms with Crippen LogP contribution in [0.5, 0.6) is 0 Å². The molecule has 3 heterocycles. The third kappa shape index (κ3) is 2.40. The van der Waals surface area contributed by atoms with Crippen LogP contribution >= 0.6 is 0 Å². The Morgan fingerprint density at radius 2 is 2.14 bits per heavy atom. The molecule has 0 fully saturated rings. The Morgan fingerprint density at radius 1 is 1.33 bits per heavy atom. The van der Waals surface area contributed by atoms with Crippen LogP contribution in [-0.4, -0.2) is 21.7 Å². The van der Waals surface area contributed by atoms with E-state index in [0.29, 0.717) is 17.3 Å². The predicted octanol–water partition coefficient (Wildman–Crippen LogP) is 1.48. The minimum Gasteiger partial charge on any atom is -0.465 e. The highest BCUT2D eigenvalue weighted by atomic mass is 16.3. The molecule has 0 saturated carbocycles. The van der Waals surface area contributed by atoms with Crippen LogP contribution in [0, 0.1) is 6.92 Å². The van der Waals surface area contributed by atoms with Gasteiger partial charge in [0.2, 0.25) is 5.95 Å². The lowest BCUT2D eigenvalue weighted by atomic mass is 10.3. The van der Waals surface area contributed by atoms with Crippen LogP contribution in [0.2, 0.25) is 0 Å². The van der Waals surface area contributed by atoms with Gasteiger partial charge in [0.25, 0.3) is 11.5 Å². The molecule has 0 atom stereocenters. The van der Waals surface area contributed by atoms with Crippen LogP contribution in [0.15, 0.2) is 44.4 Å². The number of nitrogens with one attached hydrogen (secondary N) is 1. The number of hydrogen-bond acceptors (Lipinski definition) is 5. The van der Waals surface area contributed by atoms with E-state index < -0.39 is 0 Å². The minimum atomic E-state index is -0.363. The third-order valence-electron chi connectivity index (χ3n) is 2.92. The van der Waals surface area contributed by atoms with Crippen LogP contribution in [0.4, 0.5) is 5.95 Å². The summed E-state index contributed by atoms with van der Waals surface area (Å²) in [6, 6.07) is 4.80. The Bertz CT molecular complexity index is 815. The maximum atomic E-state index is 12.4. The molecule has 3 rings (SSSR count). The molecular weight excluding hydrogens is 272 g/mol. The lowest BCUT2D eigenvalue weighted by Gasteiger charge is -2.14. The quantitative estimate of drug-likeness (QED) is 0.845. The zero-order chi connectivity index (χ0) is 15.0. The van der Waals surface area contributed by atoms with Crippen LogP contribution < -0.4 is 10.5 Å². The molecule has 1 aliphatic rings. The molecule has 0 saturated heterocycles. The first-order valence-electron chi connectivity index (χ1n) is 6.27. The number of rotatable bonds is 2. The molecule has 7 nitrogen and oxygen atoms in total. The van der Waals surface area contributed by atoms with Gasteiger partial charge in [-0.2, -0.15) is 0 Å². The average molecular weight is 284 g/mol. The van der Waals surface area contributed by atoms with E-state index in [0.717, 1.165) is 0 Å². The molecule has 21 heavy (non-hydrogen) atoms. The van der Waals surface area contributed by atoms with Gasteiger partial charge in [0.05, 0.1) is 6.26 Å². The first kappa shape index (κ1) is 13.0. The van der Waals surface area contributed by atoms with Gasteiger partial charge in [0, 0.05) is 17.8 Å². The van der Waals surface area contributed by atoms with Crippen molar-refractivity contribution in [1.82, 2.24) is 9.97 Å². The highest BCUT2D eigenvalue weighted by Gasteiger charge is 2.30. The Balaban J connectivity index is 2.01. The number of amidine groups is 1. The molecule has 0 aliphatic carbocycles. The van der Waals surface area contributed by atoms with Crippen molar-refractivity contribution >= 4 is 23.8 Å². The summed E-state index contributed by atoms with van der Waals surface area (Å²) in [5, 5.41) is 0. The number of H-pyrrole nitrogens is 1. The van der Waals surface area contributed by atoms with Crippen LogP contribution in [-0.2, 0) is 4.79 Å². The lowest BCUT2D eigenvalue weighted by Crippen LogP contribution is -2.33. The van der Waals surface area contributed by atoms with Crippen LogP contribution in [0.1, 0.15) is 18.4 Å². The van der Waals surface area contributed by atoms with Crippen LogP contribution in [0.25, 0.3) is 6.08 Å². The molecule has 2 aromatic heterocycles. The Morgan fingerprint density at radius 3 is 2.81 bits per heavy atom. The fraction of sp³-hybridized carbons (Fsp3) is 0.143. The fourth-order valence-electron chi connectivity index (χ4n) is 2.05. The van der Waals surface area contributed by atoms with Crippen LogP contribution in [0.3, 0.4) is 0 Å². The van der Waals surface area contributed by atoms with E-state index in [2.05, 4.69) is 15.0 Å². The van der Waals surface area contributed by atoms with Gasteiger partial charge in [-0.15, -0.1) is 0 Å². The summed E-state index contributed by atoms with van der Waals surface area (Å²) in [6.45, 7) is 3.36. The second-order valence-corrected chi connectivity index (χ2v) is 4.55. The number of aryl methyl sites for hydroxylation is 1. The van der Waals surface area contributed by atoms with Crippen molar-refractivity contribution in [2.45, 2.75) is 13.8 Å².